The molecule has 0 unspecified atom stereocenters. The SMILES string of the molecule is N#Cc1ccc(C(=O)N[C@@H]2C[C@]2(c2ccc(Cl)c(Cl)c2)c2ccc(Br)cn2)cc1F. The van der Waals surface area contributed by atoms with Crippen molar-refractivity contribution in [1.29, 1.82) is 5.26 Å². The Balaban J connectivity index is 1.67. The quantitative estimate of drug-likeness (QED) is 0.499. The number of halogens is 4. The van der Waals surface area contributed by atoms with Crippen LogP contribution in [0.1, 0.15) is 33.6 Å². The van der Waals surface area contributed by atoms with Crippen molar-refractivity contribution in [3.63, 3.8) is 0 Å². The zero-order chi connectivity index (χ0) is 21.5. The summed E-state index contributed by atoms with van der Waals surface area (Å²) in [6, 6.07) is 14.4. The van der Waals surface area contributed by atoms with Crippen LogP contribution in [-0.4, -0.2) is 16.9 Å². The molecule has 4 nitrogen and oxygen atoms in total. The van der Waals surface area contributed by atoms with E-state index in [-0.39, 0.29) is 17.2 Å². The van der Waals surface area contributed by atoms with Gasteiger partial charge in [0.2, 0.25) is 0 Å². The van der Waals surface area contributed by atoms with Crippen molar-refractivity contribution in [2.45, 2.75) is 17.9 Å². The summed E-state index contributed by atoms with van der Waals surface area (Å²) >= 11 is 15.7. The van der Waals surface area contributed by atoms with Gasteiger partial charge in [-0.15, -0.1) is 0 Å². The number of rotatable bonds is 4. The molecule has 8 heteroatoms. The molecule has 1 amide bonds. The second-order valence-corrected chi connectivity index (χ2v) is 8.73. The summed E-state index contributed by atoms with van der Waals surface area (Å²) in [6.07, 6.45) is 2.30. The standard InChI is InChI=1S/C22H13BrCl2FN3O/c23-15-4-6-19(28-11-15)22(14-3-5-16(24)17(25)8-14)9-20(22)29-21(30)12-1-2-13(10-27)18(26)7-12/h1-8,11,20H,9H2,(H,29,30)/t20-,22+/m1/s1. The molecule has 3 aromatic rings. The van der Waals surface area contributed by atoms with Crippen molar-refractivity contribution in [3.8, 4) is 6.07 Å². The Bertz CT molecular complexity index is 1200. The van der Waals surface area contributed by atoms with E-state index in [1.807, 2.05) is 18.2 Å². The average molecular weight is 505 g/mol. The van der Waals surface area contributed by atoms with E-state index in [0.29, 0.717) is 16.5 Å². The Kier molecular flexibility index (Phi) is 5.54. The fourth-order valence-corrected chi connectivity index (χ4v) is 4.12. The Labute approximate surface area is 190 Å². The van der Waals surface area contributed by atoms with Crippen LogP contribution in [0.5, 0.6) is 0 Å². The number of nitriles is 1. The van der Waals surface area contributed by atoms with Gasteiger partial charge in [0.25, 0.3) is 5.91 Å². The molecule has 1 aromatic heterocycles. The van der Waals surface area contributed by atoms with Gasteiger partial charge in [-0.25, -0.2) is 4.39 Å². The second-order valence-electron chi connectivity index (χ2n) is 7.00. The predicted octanol–water partition coefficient (Wildman–Crippen LogP) is 5.65. The first-order valence-corrected chi connectivity index (χ1v) is 10.5. The van der Waals surface area contributed by atoms with Crippen LogP contribution >= 0.6 is 39.1 Å². The molecule has 1 fully saturated rings. The van der Waals surface area contributed by atoms with Gasteiger partial charge >= 0.3 is 0 Å². The Morgan fingerprint density at radius 2 is 2.00 bits per heavy atom. The number of hydrogen-bond donors (Lipinski definition) is 1. The molecule has 1 heterocycles. The minimum atomic E-state index is -0.730. The fourth-order valence-electron chi connectivity index (χ4n) is 3.59. The summed E-state index contributed by atoms with van der Waals surface area (Å²) in [5, 5.41) is 12.7. The van der Waals surface area contributed by atoms with E-state index in [9.17, 15) is 9.18 Å². The van der Waals surface area contributed by atoms with Crippen LogP contribution < -0.4 is 5.32 Å². The molecule has 1 aliphatic carbocycles. The minimum Gasteiger partial charge on any atom is -0.348 e. The lowest BCUT2D eigenvalue weighted by molar-refractivity contribution is 0.0948. The minimum absolute atomic E-state index is 0.109. The van der Waals surface area contributed by atoms with E-state index in [2.05, 4.69) is 26.2 Å². The zero-order valence-corrected chi connectivity index (χ0v) is 18.4. The monoisotopic (exact) mass is 503 g/mol. The van der Waals surface area contributed by atoms with Gasteiger partial charge in [-0.1, -0.05) is 29.3 Å². The third-order valence-electron chi connectivity index (χ3n) is 5.24. The number of hydrogen-bond acceptors (Lipinski definition) is 3. The van der Waals surface area contributed by atoms with E-state index >= 15 is 0 Å². The summed E-state index contributed by atoms with van der Waals surface area (Å²) < 4.78 is 14.8. The lowest BCUT2D eigenvalue weighted by atomic mass is 9.90. The van der Waals surface area contributed by atoms with Crippen LogP contribution in [0, 0.1) is 17.1 Å². The zero-order valence-electron chi connectivity index (χ0n) is 15.3. The van der Waals surface area contributed by atoms with E-state index in [1.54, 1.807) is 24.4 Å². The normalized spacial score (nSPS) is 19.8. The number of amides is 1. The fraction of sp³-hybridized carbons (Fsp3) is 0.136. The largest absolute Gasteiger partial charge is 0.348 e. The van der Waals surface area contributed by atoms with Gasteiger partial charge in [0.1, 0.15) is 11.9 Å². The molecule has 0 aliphatic heterocycles. The second kappa shape index (κ2) is 7.99. The molecular formula is C22H13BrCl2FN3O. The van der Waals surface area contributed by atoms with Crippen LogP contribution in [0.25, 0.3) is 0 Å². The lowest BCUT2D eigenvalue weighted by Crippen LogP contribution is -2.32. The molecule has 0 radical (unpaired) electrons. The highest BCUT2D eigenvalue weighted by Crippen LogP contribution is 2.54. The number of aromatic nitrogens is 1. The maximum atomic E-state index is 13.9. The van der Waals surface area contributed by atoms with Gasteiger partial charge in [-0.05, 0) is 70.4 Å². The summed E-state index contributed by atoms with van der Waals surface area (Å²) in [5.41, 5.74) is 1.12. The predicted molar refractivity (Wildman–Crippen MR) is 116 cm³/mol. The summed E-state index contributed by atoms with van der Waals surface area (Å²) in [5.74, 6) is -1.16. The van der Waals surface area contributed by atoms with Crippen LogP contribution in [0.4, 0.5) is 4.39 Å². The molecule has 4 rings (SSSR count). The average Bonchev–Trinajstić information content (AvgIpc) is 3.45. The van der Waals surface area contributed by atoms with E-state index in [0.717, 1.165) is 21.8 Å². The Hall–Kier alpha value is -2.46. The summed E-state index contributed by atoms with van der Waals surface area (Å²) in [6.45, 7) is 0. The van der Waals surface area contributed by atoms with Crippen molar-refractivity contribution in [3.05, 3.63) is 97.4 Å². The molecule has 2 atom stereocenters. The van der Waals surface area contributed by atoms with Crippen molar-refractivity contribution in [2.75, 3.05) is 0 Å². The molecule has 1 aliphatic rings. The van der Waals surface area contributed by atoms with Crippen LogP contribution in [0.15, 0.2) is 59.2 Å². The van der Waals surface area contributed by atoms with Gasteiger partial charge in [0.15, 0.2) is 0 Å². The first-order chi connectivity index (χ1) is 14.3. The van der Waals surface area contributed by atoms with Gasteiger partial charge in [-0.3, -0.25) is 9.78 Å². The van der Waals surface area contributed by atoms with E-state index < -0.39 is 17.1 Å². The number of nitrogens with one attached hydrogen (secondary N) is 1. The number of pyridine rings is 1. The van der Waals surface area contributed by atoms with Crippen molar-refractivity contribution < 1.29 is 9.18 Å². The third kappa shape index (κ3) is 3.69. The maximum absolute atomic E-state index is 13.9. The van der Waals surface area contributed by atoms with Crippen molar-refractivity contribution in [2.24, 2.45) is 0 Å². The molecule has 0 saturated heterocycles. The van der Waals surface area contributed by atoms with Gasteiger partial charge < -0.3 is 5.32 Å². The number of benzene rings is 2. The molecule has 1 saturated carbocycles. The first-order valence-electron chi connectivity index (χ1n) is 8.93. The molecule has 150 valence electrons. The Morgan fingerprint density at radius 3 is 2.63 bits per heavy atom. The van der Waals surface area contributed by atoms with Crippen LogP contribution in [0.2, 0.25) is 10.0 Å². The van der Waals surface area contributed by atoms with Gasteiger partial charge in [0, 0.05) is 22.3 Å². The molecule has 30 heavy (non-hydrogen) atoms. The molecule has 0 bridgehead atoms. The highest BCUT2D eigenvalue weighted by Gasteiger charge is 2.58. The first kappa shape index (κ1) is 20.8. The van der Waals surface area contributed by atoms with Crippen molar-refractivity contribution >= 4 is 45.0 Å². The molecular weight excluding hydrogens is 492 g/mol. The highest BCUT2D eigenvalue weighted by atomic mass is 79.9. The topological polar surface area (TPSA) is 65.8 Å². The lowest BCUT2D eigenvalue weighted by Gasteiger charge is -2.19. The smallest absolute Gasteiger partial charge is 0.251 e. The van der Waals surface area contributed by atoms with Gasteiger partial charge in [0.05, 0.1) is 26.7 Å². The summed E-state index contributed by atoms with van der Waals surface area (Å²) in [7, 11) is 0. The van der Waals surface area contributed by atoms with E-state index in [1.165, 1.54) is 12.1 Å². The number of nitrogens with zero attached hydrogens (tertiary/aromatic N) is 2. The van der Waals surface area contributed by atoms with Crippen LogP contribution in [0.3, 0.4) is 0 Å². The Morgan fingerprint density at radius 1 is 1.20 bits per heavy atom. The third-order valence-corrected chi connectivity index (χ3v) is 6.45. The van der Waals surface area contributed by atoms with E-state index in [4.69, 9.17) is 28.5 Å². The van der Waals surface area contributed by atoms with Crippen molar-refractivity contribution in [1.82, 2.24) is 10.3 Å². The number of carbonyl (C=O) groups is 1. The molecule has 2 aromatic carbocycles. The number of carbonyl (C=O) groups excluding carboxylic acids is 1. The van der Waals surface area contributed by atoms with Crippen LogP contribution in [-0.2, 0) is 5.41 Å². The van der Waals surface area contributed by atoms with Gasteiger partial charge in [-0.2, -0.15) is 5.26 Å². The molecule has 0 spiro atoms. The maximum Gasteiger partial charge on any atom is 0.251 e. The summed E-state index contributed by atoms with van der Waals surface area (Å²) in [4.78, 5) is 17.3. The molecule has 1 N–H and O–H groups in total. The highest BCUT2D eigenvalue weighted by molar-refractivity contribution is 9.10.